The lowest BCUT2D eigenvalue weighted by Crippen LogP contribution is -2.32. The van der Waals surface area contributed by atoms with Crippen LogP contribution in [0.2, 0.25) is 5.02 Å². The van der Waals surface area contributed by atoms with Crippen molar-refractivity contribution in [3.05, 3.63) is 98.6 Å². The van der Waals surface area contributed by atoms with Crippen LogP contribution in [0.3, 0.4) is 0 Å². The van der Waals surface area contributed by atoms with E-state index < -0.39 is 11.8 Å². The Morgan fingerprint density at radius 3 is 2.38 bits per heavy atom. The average molecular weight is 542 g/mol. The maximum absolute atomic E-state index is 12.9. The molecule has 3 N–H and O–H groups in total. The molecule has 0 aromatic heterocycles. The van der Waals surface area contributed by atoms with Gasteiger partial charge < -0.3 is 15.3 Å². The average Bonchev–Trinajstić information content (AvgIpc) is 2.82. The van der Waals surface area contributed by atoms with Crippen molar-refractivity contribution in [3.8, 4) is 5.75 Å². The van der Waals surface area contributed by atoms with Gasteiger partial charge in [0.15, 0.2) is 0 Å². The number of phenols is 1. The van der Waals surface area contributed by atoms with Crippen LogP contribution in [0.4, 0.5) is 5.69 Å². The van der Waals surface area contributed by atoms with E-state index in [4.69, 9.17) is 11.6 Å². The fourth-order valence-corrected chi connectivity index (χ4v) is 3.72. The fraction of sp³-hybridized carbons (Fsp3) is 0.0800. The lowest BCUT2D eigenvalue weighted by molar-refractivity contribution is -0.117. The second kappa shape index (κ2) is 11.5. The smallest absolute Gasteiger partial charge is 0.287 e. The van der Waals surface area contributed by atoms with Crippen LogP contribution >= 0.6 is 27.5 Å². The minimum atomic E-state index is -0.641. The second-order valence-corrected chi connectivity index (χ2v) is 8.68. The van der Waals surface area contributed by atoms with Crippen molar-refractivity contribution in [2.75, 3.05) is 19.0 Å². The number of halogens is 2. The highest BCUT2D eigenvalue weighted by atomic mass is 79.9. The quantitative estimate of drug-likeness (QED) is 0.228. The Hall–Kier alpha value is -3.62. The van der Waals surface area contributed by atoms with Crippen LogP contribution < -0.4 is 15.6 Å². The Morgan fingerprint density at radius 1 is 1.06 bits per heavy atom. The van der Waals surface area contributed by atoms with Gasteiger partial charge in [0.2, 0.25) is 0 Å². The van der Waals surface area contributed by atoms with E-state index in [0.29, 0.717) is 26.2 Å². The van der Waals surface area contributed by atoms with E-state index in [1.165, 1.54) is 18.3 Å². The lowest BCUT2D eigenvalue weighted by atomic mass is 10.1. The number of rotatable bonds is 7. The van der Waals surface area contributed by atoms with Gasteiger partial charge in [-0.05, 0) is 64.0 Å². The summed E-state index contributed by atoms with van der Waals surface area (Å²) in [5, 5.41) is 17.0. The first-order chi connectivity index (χ1) is 16.2. The molecule has 0 heterocycles. The first-order valence-corrected chi connectivity index (χ1v) is 11.3. The summed E-state index contributed by atoms with van der Waals surface area (Å²) in [5.41, 5.74) is 4.79. The molecule has 0 radical (unpaired) electrons. The molecule has 0 unspecified atom stereocenters. The number of amides is 2. The zero-order valence-electron chi connectivity index (χ0n) is 18.4. The number of carbonyl (C=O) groups excluding carboxylic acids is 2. The van der Waals surface area contributed by atoms with Crippen LogP contribution in [0.1, 0.15) is 21.5 Å². The molecule has 3 aromatic carbocycles. The third kappa shape index (κ3) is 6.69. The van der Waals surface area contributed by atoms with Gasteiger partial charge in [-0.25, -0.2) is 5.43 Å². The summed E-state index contributed by atoms with van der Waals surface area (Å²) in [6.45, 7) is 0. The number of hydrogen-bond acceptors (Lipinski definition) is 5. The van der Waals surface area contributed by atoms with E-state index in [0.717, 1.165) is 5.69 Å². The molecule has 2 amide bonds. The molecule has 0 aliphatic heterocycles. The SMILES string of the molecule is CN(C)c1ccc(C=C(NC(=O)c2ccccc2)C(=O)NN=Cc2cc(Cl)cc(Br)c2O)cc1. The molecular weight excluding hydrogens is 520 g/mol. The van der Waals surface area contributed by atoms with E-state index in [9.17, 15) is 14.7 Å². The van der Waals surface area contributed by atoms with E-state index in [2.05, 4.69) is 31.8 Å². The van der Waals surface area contributed by atoms with Gasteiger partial charge in [-0.15, -0.1) is 0 Å². The van der Waals surface area contributed by atoms with Crippen molar-refractivity contribution in [1.82, 2.24) is 10.7 Å². The van der Waals surface area contributed by atoms with Crippen molar-refractivity contribution < 1.29 is 14.7 Å². The fourth-order valence-electron chi connectivity index (χ4n) is 2.88. The number of hydrazone groups is 1. The van der Waals surface area contributed by atoms with Gasteiger partial charge in [0.25, 0.3) is 11.8 Å². The summed E-state index contributed by atoms with van der Waals surface area (Å²) in [7, 11) is 3.86. The number of phenolic OH excluding ortho intramolecular Hbond substituents is 1. The molecule has 0 aliphatic carbocycles. The maximum atomic E-state index is 12.9. The molecule has 0 saturated carbocycles. The Balaban J connectivity index is 1.84. The summed E-state index contributed by atoms with van der Waals surface area (Å²) in [6, 6.07) is 19.1. The highest BCUT2D eigenvalue weighted by Crippen LogP contribution is 2.30. The molecule has 0 atom stereocenters. The number of nitrogens with one attached hydrogen (secondary N) is 2. The normalized spacial score (nSPS) is 11.4. The molecule has 0 spiro atoms. The molecule has 3 aromatic rings. The molecule has 9 heteroatoms. The van der Waals surface area contributed by atoms with Crippen molar-refractivity contribution in [1.29, 1.82) is 0 Å². The van der Waals surface area contributed by atoms with Gasteiger partial charge in [0.05, 0.1) is 10.7 Å². The summed E-state index contributed by atoms with van der Waals surface area (Å²) in [4.78, 5) is 27.5. The zero-order chi connectivity index (χ0) is 24.7. The first-order valence-electron chi connectivity index (χ1n) is 10.1. The third-order valence-electron chi connectivity index (χ3n) is 4.68. The van der Waals surface area contributed by atoms with Gasteiger partial charge in [0, 0.05) is 35.9 Å². The van der Waals surface area contributed by atoms with E-state index in [1.54, 1.807) is 36.4 Å². The molecule has 34 heavy (non-hydrogen) atoms. The molecule has 0 aliphatic rings. The molecule has 0 saturated heterocycles. The van der Waals surface area contributed by atoms with Gasteiger partial charge in [-0.3, -0.25) is 9.59 Å². The van der Waals surface area contributed by atoms with Gasteiger partial charge >= 0.3 is 0 Å². The summed E-state index contributed by atoms with van der Waals surface area (Å²) >= 11 is 9.20. The molecule has 7 nitrogen and oxygen atoms in total. The van der Waals surface area contributed by atoms with Crippen LogP contribution in [-0.4, -0.2) is 37.2 Å². The Kier molecular flexibility index (Phi) is 8.45. The van der Waals surface area contributed by atoms with Gasteiger partial charge in [-0.2, -0.15) is 5.10 Å². The molecular formula is C25H22BrClN4O3. The lowest BCUT2D eigenvalue weighted by Gasteiger charge is -2.12. The van der Waals surface area contributed by atoms with E-state index >= 15 is 0 Å². The number of anilines is 1. The molecule has 0 fully saturated rings. The number of hydrogen-bond donors (Lipinski definition) is 3. The van der Waals surface area contributed by atoms with Crippen LogP contribution in [0, 0.1) is 0 Å². The largest absolute Gasteiger partial charge is 0.506 e. The predicted octanol–water partition coefficient (Wildman–Crippen LogP) is 4.80. The zero-order valence-corrected chi connectivity index (χ0v) is 20.8. The number of aromatic hydroxyl groups is 1. The number of benzene rings is 3. The third-order valence-corrected chi connectivity index (χ3v) is 5.50. The summed E-state index contributed by atoms with van der Waals surface area (Å²) < 4.78 is 0.393. The maximum Gasteiger partial charge on any atom is 0.287 e. The topological polar surface area (TPSA) is 94.0 Å². The van der Waals surface area contributed by atoms with Crippen LogP contribution in [0.25, 0.3) is 6.08 Å². The predicted molar refractivity (Wildman–Crippen MR) is 139 cm³/mol. The van der Waals surface area contributed by atoms with Crippen LogP contribution in [-0.2, 0) is 4.79 Å². The number of nitrogens with zero attached hydrogens (tertiary/aromatic N) is 2. The van der Waals surface area contributed by atoms with E-state index in [-0.39, 0.29) is 11.4 Å². The second-order valence-electron chi connectivity index (χ2n) is 7.39. The molecule has 174 valence electrons. The minimum Gasteiger partial charge on any atom is -0.506 e. The monoisotopic (exact) mass is 540 g/mol. The van der Waals surface area contributed by atoms with Crippen LogP contribution in [0.5, 0.6) is 5.75 Å². The Bertz CT molecular complexity index is 1240. The molecule has 3 rings (SSSR count). The summed E-state index contributed by atoms with van der Waals surface area (Å²) in [6.07, 6.45) is 2.81. The van der Waals surface area contributed by atoms with Crippen molar-refractivity contribution in [2.45, 2.75) is 0 Å². The van der Waals surface area contributed by atoms with Crippen LogP contribution in [0.15, 0.2) is 82.0 Å². The molecule has 0 bridgehead atoms. The van der Waals surface area contributed by atoms with E-state index in [1.807, 2.05) is 43.3 Å². The van der Waals surface area contributed by atoms with Crippen molar-refractivity contribution >= 4 is 57.3 Å². The minimum absolute atomic E-state index is 0.0000951. The standard InChI is InChI=1S/C25H22BrClN4O3/c1-31(2)20-10-8-16(9-11-20)12-22(29-24(33)17-6-4-3-5-7-17)25(34)30-28-15-18-13-19(27)14-21(26)23(18)32/h3-15,32H,1-2H3,(H,29,33)(H,30,34). The van der Waals surface area contributed by atoms with Gasteiger partial charge in [0.1, 0.15) is 11.4 Å². The number of carbonyl (C=O) groups is 2. The first kappa shape index (κ1) is 25.0. The van der Waals surface area contributed by atoms with Gasteiger partial charge in [-0.1, -0.05) is 41.9 Å². The van der Waals surface area contributed by atoms with Crippen molar-refractivity contribution in [3.63, 3.8) is 0 Å². The summed E-state index contributed by atoms with van der Waals surface area (Å²) in [5.74, 6) is -1.15. The highest BCUT2D eigenvalue weighted by Gasteiger charge is 2.14. The van der Waals surface area contributed by atoms with Crippen molar-refractivity contribution in [2.24, 2.45) is 5.10 Å². The Labute approximate surface area is 210 Å². The highest BCUT2D eigenvalue weighted by molar-refractivity contribution is 9.10. The Morgan fingerprint density at radius 2 is 1.74 bits per heavy atom.